The molecule has 2 unspecified atom stereocenters. The molecule has 1 amide bonds. The number of carbonyl (C=O) groups excluding carboxylic acids is 2. The molecule has 0 saturated carbocycles. The highest BCUT2D eigenvalue weighted by atomic mass is 16.6. The molecule has 0 fully saturated rings. The van der Waals surface area contributed by atoms with E-state index in [4.69, 9.17) is 4.74 Å². The van der Waals surface area contributed by atoms with E-state index in [1.807, 2.05) is 6.92 Å². The number of amides is 1. The van der Waals surface area contributed by atoms with Gasteiger partial charge in [-0.25, -0.2) is 4.79 Å². The highest BCUT2D eigenvalue weighted by Crippen LogP contribution is 2.16. The first-order valence-corrected chi connectivity index (χ1v) is 10.7. The Morgan fingerprint density at radius 1 is 1.00 bits per heavy atom. The molecule has 2 aromatic carbocycles. The second-order valence-electron chi connectivity index (χ2n) is 7.59. The van der Waals surface area contributed by atoms with Gasteiger partial charge in [0.2, 0.25) is 6.04 Å². The van der Waals surface area contributed by atoms with E-state index in [1.165, 1.54) is 24.3 Å². The van der Waals surface area contributed by atoms with Crippen molar-refractivity contribution in [3.63, 3.8) is 0 Å². The number of nitro benzene ring substituents is 1. The van der Waals surface area contributed by atoms with E-state index in [-0.39, 0.29) is 25.1 Å². The van der Waals surface area contributed by atoms with Gasteiger partial charge < -0.3 is 10.1 Å². The molecule has 10 heteroatoms. The summed E-state index contributed by atoms with van der Waals surface area (Å²) in [6.07, 6.45) is 2.45. The fourth-order valence-electron chi connectivity index (χ4n) is 3.23. The monoisotopic (exact) mass is 457 g/mol. The summed E-state index contributed by atoms with van der Waals surface area (Å²) in [4.78, 5) is 46.7. The Morgan fingerprint density at radius 3 is 2.24 bits per heavy atom. The summed E-state index contributed by atoms with van der Waals surface area (Å²) in [6.45, 7) is 1.80. The van der Waals surface area contributed by atoms with Crippen molar-refractivity contribution in [1.82, 2.24) is 5.32 Å². The third kappa shape index (κ3) is 8.32. The largest absolute Gasteiger partial charge is 0.459 e. The molecule has 0 aliphatic rings. The smallest absolute Gasteiger partial charge is 0.329 e. The molecular formula is C23H27N3O7. The van der Waals surface area contributed by atoms with Crippen LogP contribution in [0.5, 0.6) is 0 Å². The summed E-state index contributed by atoms with van der Waals surface area (Å²) >= 11 is 0. The van der Waals surface area contributed by atoms with Crippen LogP contribution >= 0.6 is 0 Å². The molecule has 176 valence electrons. The molecule has 2 aromatic rings. The first kappa shape index (κ1) is 25.4. The molecule has 0 heterocycles. The summed E-state index contributed by atoms with van der Waals surface area (Å²) in [7, 11) is 0. The van der Waals surface area contributed by atoms with Crippen molar-refractivity contribution in [1.29, 1.82) is 0 Å². The normalized spacial score (nSPS) is 12.4. The summed E-state index contributed by atoms with van der Waals surface area (Å²) in [5, 5.41) is 24.9. The van der Waals surface area contributed by atoms with Crippen molar-refractivity contribution < 1.29 is 24.2 Å². The van der Waals surface area contributed by atoms with Gasteiger partial charge in [-0.1, -0.05) is 38.0 Å². The van der Waals surface area contributed by atoms with Crippen molar-refractivity contribution in [2.45, 2.75) is 57.7 Å². The van der Waals surface area contributed by atoms with E-state index in [0.717, 1.165) is 12.8 Å². The number of benzene rings is 2. The van der Waals surface area contributed by atoms with E-state index in [1.54, 1.807) is 30.3 Å². The van der Waals surface area contributed by atoms with Crippen LogP contribution in [-0.4, -0.2) is 33.8 Å². The highest BCUT2D eigenvalue weighted by Gasteiger charge is 2.31. The third-order valence-electron chi connectivity index (χ3n) is 5.10. The standard InChI is InChI=1S/C23H27N3O7/c1-2-3-5-10-20(26(31)32)15-21(24-22(27)18-8-6-4-7-9-18)23(28)33-16-17-11-13-19(14-12-17)25(29)30/h4,6-9,11-14,20-21H,2-3,5,10,15-16H2,1H3,(H,24,27). The number of ether oxygens (including phenoxy) is 1. The van der Waals surface area contributed by atoms with Crippen molar-refractivity contribution >= 4 is 17.6 Å². The second-order valence-corrected chi connectivity index (χ2v) is 7.59. The van der Waals surface area contributed by atoms with Crippen LogP contribution in [0.3, 0.4) is 0 Å². The maximum absolute atomic E-state index is 12.8. The first-order valence-electron chi connectivity index (χ1n) is 10.7. The van der Waals surface area contributed by atoms with Gasteiger partial charge in [0.25, 0.3) is 11.6 Å². The Hall–Kier alpha value is -3.82. The summed E-state index contributed by atoms with van der Waals surface area (Å²) in [6, 6.07) is 11.5. The lowest BCUT2D eigenvalue weighted by Crippen LogP contribution is -2.45. The van der Waals surface area contributed by atoms with Crippen LogP contribution in [0.25, 0.3) is 0 Å². The van der Waals surface area contributed by atoms with Crippen LogP contribution in [0.2, 0.25) is 0 Å². The van der Waals surface area contributed by atoms with Gasteiger partial charge in [0, 0.05) is 35.5 Å². The fraction of sp³-hybridized carbons (Fsp3) is 0.391. The maximum atomic E-state index is 12.8. The third-order valence-corrected chi connectivity index (χ3v) is 5.10. The molecule has 0 saturated heterocycles. The quantitative estimate of drug-likeness (QED) is 0.207. The number of unbranched alkanes of at least 4 members (excludes halogenated alkanes) is 2. The minimum absolute atomic E-state index is 0.0982. The lowest BCUT2D eigenvalue weighted by Gasteiger charge is -2.20. The maximum Gasteiger partial charge on any atom is 0.329 e. The number of carbonyl (C=O) groups is 2. The van der Waals surface area contributed by atoms with E-state index in [2.05, 4.69) is 5.32 Å². The Kier molecular flexibility index (Phi) is 9.94. The molecule has 2 rings (SSSR count). The van der Waals surface area contributed by atoms with Gasteiger partial charge in [-0.2, -0.15) is 0 Å². The van der Waals surface area contributed by atoms with Gasteiger partial charge in [0.1, 0.15) is 12.6 Å². The lowest BCUT2D eigenvalue weighted by molar-refractivity contribution is -0.524. The molecule has 0 aromatic heterocycles. The Morgan fingerprint density at radius 2 is 1.67 bits per heavy atom. The van der Waals surface area contributed by atoms with Gasteiger partial charge >= 0.3 is 5.97 Å². The predicted molar refractivity (Wildman–Crippen MR) is 120 cm³/mol. The minimum Gasteiger partial charge on any atom is -0.459 e. The van der Waals surface area contributed by atoms with Crippen LogP contribution < -0.4 is 5.32 Å². The van der Waals surface area contributed by atoms with Crippen molar-refractivity contribution in [2.75, 3.05) is 0 Å². The van der Waals surface area contributed by atoms with E-state index in [9.17, 15) is 29.8 Å². The molecule has 0 spiro atoms. The predicted octanol–water partition coefficient (Wildman–Crippen LogP) is 4.05. The molecular weight excluding hydrogens is 430 g/mol. The number of nitro groups is 2. The SMILES string of the molecule is CCCCCC(CC(NC(=O)c1ccccc1)C(=O)OCc1ccc([N+](=O)[O-])cc1)[N+](=O)[O-]. The van der Waals surface area contributed by atoms with E-state index < -0.39 is 33.8 Å². The number of rotatable bonds is 13. The highest BCUT2D eigenvalue weighted by molar-refractivity contribution is 5.96. The van der Waals surface area contributed by atoms with Gasteiger partial charge in [0.15, 0.2) is 0 Å². The molecule has 10 nitrogen and oxygen atoms in total. The zero-order valence-electron chi connectivity index (χ0n) is 18.3. The number of hydrogen-bond donors (Lipinski definition) is 1. The van der Waals surface area contributed by atoms with E-state index in [0.29, 0.717) is 17.5 Å². The molecule has 33 heavy (non-hydrogen) atoms. The second kappa shape index (κ2) is 12.9. The number of hydrogen-bond acceptors (Lipinski definition) is 7. The zero-order valence-corrected chi connectivity index (χ0v) is 18.3. The lowest BCUT2D eigenvalue weighted by atomic mass is 10.0. The van der Waals surface area contributed by atoms with Crippen LogP contribution in [-0.2, 0) is 16.1 Å². The zero-order chi connectivity index (χ0) is 24.2. The molecule has 0 bridgehead atoms. The average Bonchev–Trinajstić information content (AvgIpc) is 2.81. The molecule has 0 aliphatic carbocycles. The van der Waals surface area contributed by atoms with Crippen molar-refractivity contribution in [3.05, 3.63) is 86.0 Å². The van der Waals surface area contributed by atoms with Crippen LogP contribution in [0.4, 0.5) is 5.69 Å². The molecule has 2 atom stereocenters. The summed E-state index contributed by atoms with van der Waals surface area (Å²) in [5.41, 5.74) is 0.726. The van der Waals surface area contributed by atoms with Gasteiger partial charge in [-0.15, -0.1) is 0 Å². The molecule has 0 radical (unpaired) electrons. The fourth-order valence-corrected chi connectivity index (χ4v) is 3.23. The minimum atomic E-state index is -1.22. The number of nitrogens with one attached hydrogen (secondary N) is 1. The summed E-state index contributed by atoms with van der Waals surface area (Å²) in [5.74, 6) is -1.34. The topological polar surface area (TPSA) is 142 Å². The number of esters is 1. The Balaban J connectivity index is 2.11. The molecule has 1 N–H and O–H groups in total. The Labute approximate surface area is 191 Å². The average molecular weight is 457 g/mol. The van der Waals surface area contributed by atoms with Gasteiger partial charge in [-0.05, 0) is 36.2 Å². The van der Waals surface area contributed by atoms with Gasteiger partial charge in [0.05, 0.1) is 4.92 Å². The van der Waals surface area contributed by atoms with E-state index >= 15 is 0 Å². The first-order chi connectivity index (χ1) is 15.8. The summed E-state index contributed by atoms with van der Waals surface area (Å²) < 4.78 is 5.29. The van der Waals surface area contributed by atoms with Crippen LogP contribution in [0, 0.1) is 20.2 Å². The van der Waals surface area contributed by atoms with Gasteiger partial charge in [-0.3, -0.25) is 25.0 Å². The van der Waals surface area contributed by atoms with Crippen molar-refractivity contribution in [2.24, 2.45) is 0 Å². The van der Waals surface area contributed by atoms with Crippen LogP contribution in [0.1, 0.15) is 54.9 Å². The number of nitrogens with zero attached hydrogens (tertiary/aromatic N) is 2. The molecule has 0 aliphatic heterocycles. The number of non-ortho nitro benzene ring substituents is 1. The Bertz CT molecular complexity index is 948. The van der Waals surface area contributed by atoms with Crippen molar-refractivity contribution in [3.8, 4) is 0 Å². The van der Waals surface area contributed by atoms with Crippen LogP contribution in [0.15, 0.2) is 54.6 Å².